The summed E-state index contributed by atoms with van der Waals surface area (Å²) in [6.07, 6.45) is 8.96. The second-order valence-electron chi connectivity index (χ2n) is 5.81. The van der Waals surface area contributed by atoms with E-state index in [-0.39, 0.29) is 0 Å². The van der Waals surface area contributed by atoms with Gasteiger partial charge in [0.25, 0.3) is 0 Å². The van der Waals surface area contributed by atoms with Crippen LogP contribution in [0.15, 0.2) is 12.3 Å². The van der Waals surface area contributed by atoms with Crippen molar-refractivity contribution in [2.24, 2.45) is 0 Å². The maximum absolute atomic E-state index is 4.53. The maximum Gasteiger partial charge on any atom is 0.225 e. The number of hydrogen-bond acceptors (Lipinski definition) is 4. The summed E-state index contributed by atoms with van der Waals surface area (Å²) in [5, 5.41) is 0. The van der Waals surface area contributed by atoms with Crippen molar-refractivity contribution in [1.82, 2.24) is 14.9 Å². The van der Waals surface area contributed by atoms with Crippen LogP contribution in [0.2, 0.25) is 0 Å². The van der Waals surface area contributed by atoms with E-state index in [2.05, 4.69) is 19.8 Å². The molecule has 1 aromatic rings. The van der Waals surface area contributed by atoms with Crippen LogP contribution >= 0.6 is 0 Å². The Morgan fingerprint density at radius 1 is 1.05 bits per heavy atom. The summed E-state index contributed by atoms with van der Waals surface area (Å²) in [7, 11) is 0. The third-order valence-electron chi connectivity index (χ3n) is 4.47. The molecular formula is C15H24N4. The summed E-state index contributed by atoms with van der Waals surface area (Å²) in [6, 6.07) is 2.80. The molecule has 2 aliphatic rings. The fourth-order valence-electron chi connectivity index (χ4n) is 3.32. The van der Waals surface area contributed by atoms with Crippen molar-refractivity contribution in [2.45, 2.75) is 45.1 Å². The van der Waals surface area contributed by atoms with Crippen molar-refractivity contribution in [3.05, 3.63) is 18.0 Å². The van der Waals surface area contributed by atoms with Gasteiger partial charge in [0.05, 0.1) is 0 Å². The molecule has 0 aromatic carbocycles. The molecule has 4 nitrogen and oxygen atoms in total. The predicted molar refractivity (Wildman–Crippen MR) is 77.4 cm³/mol. The summed E-state index contributed by atoms with van der Waals surface area (Å²) in [4.78, 5) is 13.9. The van der Waals surface area contributed by atoms with E-state index in [1.54, 1.807) is 0 Å². The Hall–Kier alpha value is -1.16. The third kappa shape index (κ3) is 3.06. The number of piperazine rings is 1. The average molecular weight is 260 g/mol. The minimum absolute atomic E-state index is 0.842. The Bertz CT molecular complexity index is 406. The number of rotatable bonds is 2. The molecule has 1 aliphatic heterocycles. The van der Waals surface area contributed by atoms with Gasteiger partial charge in [0.15, 0.2) is 0 Å². The van der Waals surface area contributed by atoms with Crippen LogP contribution in [0.25, 0.3) is 0 Å². The molecule has 4 heteroatoms. The van der Waals surface area contributed by atoms with E-state index in [4.69, 9.17) is 0 Å². The SMILES string of the molecule is Cc1ccnc(N2CCN(C3CCCCC3)CC2)n1. The summed E-state index contributed by atoms with van der Waals surface area (Å²) in [5.41, 5.74) is 1.06. The molecule has 0 spiro atoms. The molecule has 19 heavy (non-hydrogen) atoms. The lowest BCUT2D eigenvalue weighted by atomic mass is 9.94. The molecule has 0 amide bonds. The monoisotopic (exact) mass is 260 g/mol. The molecule has 0 radical (unpaired) electrons. The standard InChI is InChI=1S/C15H24N4/c1-13-7-8-16-15(17-13)19-11-9-18(10-12-19)14-5-3-2-4-6-14/h7-8,14H,2-6,9-12H2,1H3. The van der Waals surface area contributed by atoms with Crippen molar-refractivity contribution >= 4 is 5.95 Å². The van der Waals surface area contributed by atoms with Gasteiger partial charge in [-0.2, -0.15) is 0 Å². The highest BCUT2D eigenvalue weighted by atomic mass is 15.3. The van der Waals surface area contributed by atoms with E-state index >= 15 is 0 Å². The average Bonchev–Trinajstić information content (AvgIpc) is 2.48. The first-order chi connectivity index (χ1) is 9.33. The Balaban J connectivity index is 1.57. The first kappa shape index (κ1) is 12.9. The highest BCUT2D eigenvalue weighted by molar-refractivity contribution is 5.30. The van der Waals surface area contributed by atoms with Gasteiger partial charge in [0, 0.05) is 44.1 Å². The molecule has 0 bridgehead atoms. The van der Waals surface area contributed by atoms with Crippen molar-refractivity contribution < 1.29 is 0 Å². The number of aromatic nitrogens is 2. The van der Waals surface area contributed by atoms with Crippen LogP contribution in [0.5, 0.6) is 0 Å². The molecule has 2 heterocycles. The van der Waals surface area contributed by atoms with E-state index in [0.717, 1.165) is 30.8 Å². The predicted octanol–water partition coefficient (Wildman–Crippen LogP) is 2.24. The maximum atomic E-state index is 4.53. The Morgan fingerprint density at radius 2 is 1.79 bits per heavy atom. The Labute approximate surface area is 115 Å². The van der Waals surface area contributed by atoms with Crippen LogP contribution in [-0.4, -0.2) is 47.1 Å². The lowest BCUT2D eigenvalue weighted by Crippen LogP contribution is -2.51. The molecular weight excluding hydrogens is 236 g/mol. The Kier molecular flexibility index (Phi) is 3.97. The van der Waals surface area contributed by atoms with Crippen LogP contribution in [-0.2, 0) is 0 Å². The summed E-state index contributed by atoms with van der Waals surface area (Å²) >= 11 is 0. The molecule has 1 aromatic heterocycles. The quantitative estimate of drug-likeness (QED) is 0.816. The zero-order valence-corrected chi connectivity index (χ0v) is 11.9. The van der Waals surface area contributed by atoms with E-state index in [1.165, 1.54) is 45.2 Å². The fourth-order valence-corrected chi connectivity index (χ4v) is 3.32. The minimum Gasteiger partial charge on any atom is -0.338 e. The largest absolute Gasteiger partial charge is 0.338 e. The summed E-state index contributed by atoms with van der Waals surface area (Å²) in [5.74, 6) is 0.906. The molecule has 0 atom stereocenters. The molecule has 0 unspecified atom stereocenters. The lowest BCUT2D eigenvalue weighted by molar-refractivity contribution is 0.147. The first-order valence-electron chi connectivity index (χ1n) is 7.61. The van der Waals surface area contributed by atoms with Gasteiger partial charge >= 0.3 is 0 Å². The summed E-state index contributed by atoms with van der Waals surface area (Å²) in [6.45, 7) is 6.51. The smallest absolute Gasteiger partial charge is 0.225 e. The second kappa shape index (κ2) is 5.87. The van der Waals surface area contributed by atoms with E-state index in [0.29, 0.717) is 0 Å². The van der Waals surface area contributed by atoms with Gasteiger partial charge in [-0.05, 0) is 25.8 Å². The van der Waals surface area contributed by atoms with Crippen molar-refractivity contribution in [1.29, 1.82) is 0 Å². The van der Waals surface area contributed by atoms with Crippen LogP contribution < -0.4 is 4.90 Å². The van der Waals surface area contributed by atoms with Crippen LogP contribution in [0.4, 0.5) is 5.95 Å². The van der Waals surface area contributed by atoms with Crippen molar-refractivity contribution in [3.8, 4) is 0 Å². The van der Waals surface area contributed by atoms with Gasteiger partial charge in [-0.15, -0.1) is 0 Å². The van der Waals surface area contributed by atoms with Crippen molar-refractivity contribution in [3.63, 3.8) is 0 Å². The number of anilines is 1. The topological polar surface area (TPSA) is 32.3 Å². The van der Waals surface area contributed by atoms with E-state index < -0.39 is 0 Å². The molecule has 3 rings (SSSR count). The summed E-state index contributed by atoms with van der Waals surface area (Å²) < 4.78 is 0. The van der Waals surface area contributed by atoms with Gasteiger partial charge in [-0.1, -0.05) is 19.3 Å². The molecule has 1 aliphatic carbocycles. The van der Waals surface area contributed by atoms with Crippen LogP contribution in [0.1, 0.15) is 37.8 Å². The van der Waals surface area contributed by atoms with E-state index in [9.17, 15) is 0 Å². The zero-order valence-electron chi connectivity index (χ0n) is 11.9. The highest BCUT2D eigenvalue weighted by Gasteiger charge is 2.25. The van der Waals surface area contributed by atoms with Crippen LogP contribution in [0.3, 0.4) is 0 Å². The molecule has 1 saturated carbocycles. The van der Waals surface area contributed by atoms with E-state index in [1.807, 2.05) is 19.2 Å². The minimum atomic E-state index is 0.842. The molecule has 104 valence electrons. The number of aryl methyl sites for hydroxylation is 1. The number of nitrogens with zero attached hydrogens (tertiary/aromatic N) is 4. The third-order valence-corrected chi connectivity index (χ3v) is 4.47. The van der Waals surface area contributed by atoms with Crippen LogP contribution in [0, 0.1) is 6.92 Å². The lowest BCUT2D eigenvalue weighted by Gasteiger charge is -2.40. The van der Waals surface area contributed by atoms with Crippen molar-refractivity contribution in [2.75, 3.05) is 31.1 Å². The van der Waals surface area contributed by atoms with Gasteiger partial charge in [0.2, 0.25) is 5.95 Å². The molecule has 0 N–H and O–H groups in total. The molecule has 2 fully saturated rings. The first-order valence-corrected chi connectivity index (χ1v) is 7.61. The molecule has 1 saturated heterocycles. The van der Waals surface area contributed by atoms with Gasteiger partial charge in [-0.25, -0.2) is 9.97 Å². The zero-order chi connectivity index (χ0) is 13.1. The second-order valence-corrected chi connectivity index (χ2v) is 5.81. The van der Waals surface area contributed by atoms with Gasteiger partial charge in [0.1, 0.15) is 0 Å². The Morgan fingerprint density at radius 3 is 2.47 bits per heavy atom. The highest BCUT2D eigenvalue weighted by Crippen LogP contribution is 2.24. The fraction of sp³-hybridized carbons (Fsp3) is 0.733. The number of hydrogen-bond donors (Lipinski definition) is 0. The van der Waals surface area contributed by atoms with Gasteiger partial charge < -0.3 is 4.90 Å². The van der Waals surface area contributed by atoms with Gasteiger partial charge in [-0.3, -0.25) is 4.90 Å². The normalized spacial score (nSPS) is 22.7.